The zero-order valence-electron chi connectivity index (χ0n) is 7.64. The Balaban J connectivity index is 0. The summed E-state index contributed by atoms with van der Waals surface area (Å²) in [6.07, 6.45) is 0. The molecule has 0 spiro atoms. The topological polar surface area (TPSA) is 26.0 Å². The van der Waals surface area contributed by atoms with Gasteiger partial charge in [0.1, 0.15) is 0 Å². The van der Waals surface area contributed by atoms with Gasteiger partial charge in [-0.1, -0.05) is 27.7 Å². The molecule has 0 saturated carbocycles. The highest BCUT2D eigenvalue weighted by Gasteiger charge is 2.26. The van der Waals surface area contributed by atoms with Gasteiger partial charge in [0, 0.05) is 5.54 Å². The molecule has 0 radical (unpaired) electrons. The molecule has 0 aromatic carbocycles. The van der Waals surface area contributed by atoms with Crippen molar-refractivity contribution in [1.29, 1.82) is 0 Å². The van der Waals surface area contributed by atoms with Gasteiger partial charge in [-0.2, -0.15) is 0 Å². The Morgan fingerprint density at radius 2 is 1.20 bits per heavy atom. The SMILES string of the molecule is CC(C)C(C)(N)C(C)C.Cl. The highest BCUT2D eigenvalue weighted by atomic mass is 35.5. The number of rotatable bonds is 2. The lowest BCUT2D eigenvalue weighted by molar-refractivity contribution is 0.250. The molecule has 2 heteroatoms. The molecular weight excluding hydrogens is 146 g/mol. The molecule has 0 atom stereocenters. The monoisotopic (exact) mass is 165 g/mol. The van der Waals surface area contributed by atoms with Crippen LogP contribution < -0.4 is 5.73 Å². The summed E-state index contributed by atoms with van der Waals surface area (Å²) in [4.78, 5) is 0. The molecule has 0 aliphatic carbocycles. The van der Waals surface area contributed by atoms with E-state index in [1.807, 2.05) is 0 Å². The Labute approximate surface area is 70.8 Å². The summed E-state index contributed by atoms with van der Waals surface area (Å²) in [7, 11) is 0. The van der Waals surface area contributed by atoms with Crippen molar-refractivity contribution in [3.63, 3.8) is 0 Å². The van der Waals surface area contributed by atoms with Crippen molar-refractivity contribution in [1.82, 2.24) is 0 Å². The summed E-state index contributed by atoms with van der Waals surface area (Å²) in [6, 6.07) is 0. The van der Waals surface area contributed by atoms with Crippen LogP contribution in [0.15, 0.2) is 0 Å². The first-order valence-electron chi connectivity index (χ1n) is 3.68. The van der Waals surface area contributed by atoms with Gasteiger partial charge in [0.05, 0.1) is 0 Å². The summed E-state index contributed by atoms with van der Waals surface area (Å²) in [5.41, 5.74) is 6.00. The maximum atomic E-state index is 6.00. The maximum Gasteiger partial charge on any atom is 0.0172 e. The normalized spacial score (nSPS) is 12.0. The van der Waals surface area contributed by atoms with Crippen molar-refractivity contribution >= 4 is 12.4 Å². The standard InChI is InChI=1S/C8H19N.ClH/c1-6(2)8(5,9)7(3)4;/h6-7H,9H2,1-5H3;1H. The highest BCUT2D eigenvalue weighted by Crippen LogP contribution is 2.21. The fourth-order valence-electron chi connectivity index (χ4n) is 0.667. The van der Waals surface area contributed by atoms with E-state index in [1.165, 1.54) is 0 Å². The molecule has 0 fully saturated rings. The van der Waals surface area contributed by atoms with E-state index in [4.69, 9.17) is 5.73 Å². The zero-order valence-corrected chi connectivity index (χ0v) is 8.46. The average Bonchev–Trinajstić information content (AvgIpc) is 1.65. The molecular formula is C8H20ClN. The predicted molar refractivity (Wildman–Crippen MR) is 49.5 cm³/mol. The third kappa shape index (κ3) is 2.89. The van der Waals surface area contributed by atoms with E-state index in [2.05, 4.69) is 34.6 Å². The Hall–Kier alpha value is 0.250. The van der Waals surface area contributed by atoms with Crippen LogP contribution in [0.3, 0.4) is 0 Å². The molecule has 0 unspecified atom stereocenters. The van der Waals surface area contributed by atoms with Crippen molar-refractivity contribution in [2.24, 2.45) is 17.6 Å². The van der Waals surface area contributed by atoms with Crippen LogP contribution >= 0.6 is 12.4 Å². The third-order valence-electron chi connectivity index (χ3n) is 2.49. The minimum atomic E-state index is 0. The molecule has 0 bridgehead atoms. The van der Waals surface area contributed by atoms with Gasteiger partial charge in [0.2, 0.25) is 0 Å². The minimum Gasteiger partial charge on any atom is -0.325 e. The van der Waals surface area contributed by atoms with Crippen LogP contribution in [0, 0.1) is 11.8 Å². The van der Waals surface area contributed by atoms with Gasteiger partial charge in [-0.15, -0.1) is 12.4 Å². The maximum absolute atomic E-state index is 6.00. The van der Waals surface area contributed by atoms with Gasteiger partial charge in [-0.05, 0) is 18.8 Å². The molecule has 0 aliphatic heterocycles. The first-order chi connectivity index (χ1) is 3.89. The molecule has 0 amide bonds. The van der Waals surface area contributed by atoms with E-state index in [0.29, 0.717) is 11.8 Å². The quantitative estimate of drug-likeness (QED) is 0.669. The van der Waals surface area contributed by atoms with E-state index in [0.717, 1.165) is 0 Å². The van der Waals surface area contributed by atoms with E-state index in [9.17, 15) is 0 Å². The van der Waals surface area contributed by atoms with Crippen LogP contribution in [0.5, 0.6) is 0 Å². The van der Waals surface area contributed by atoms with Gasteiger partial charge in [-0.25, -0.2) is 0 Å². The van der Waals surface area contributed by atoms with E-state index in [-0.39, 0.29) is 17.9 Å². The van der Waals surface area contributed by atoms with Crippen molar-refractivity contribution in [3.8, 4) is 0 Å². The predicted octanol–water partition coefficient (Wildman–Crippen LogP) is 2.44. The van der Waals surface area contributed by atoms with E-state index >= 15 is 0 Å². The zero-order chi connectivity index (χ0) is 7.65. The van der Waals surface area contributed by atoms with Crippen molar-refractivity contribution in [2.75, 3.05) is 0 Å². The lowest BCUT2D eigenvalue weighted by atomic mass is 9.80. The van der Waals surface area contributed by atoms with Gasteiger partial charge in [0.25, 0.3) is 0 Å². The molecule has 0 rings (SSSR count). The summed E-state index contributed by atoms with van der Waals surface area (Å²) in [5, 5.41) is 0. The number of hydrogen-bond donors (Lipinski definition) is 1. The van der Waals surface area contributed by atoms with Gasteiger partial charge in [-0.3, -0.25) is 0 Å². The Kier molecular flexibility index (Phi) is 5.41. The molecule has 0 aromatic heterocycles. The molecule has 1 nitrogen and oxygen atoms in total. The minimum absolute atomic E-state index is 0. The summed E-state index contributed by atoms with van der Waals surface area (Å²) in [6.45, 7) is 10.8. The van der Waals surface area contributed by atoms with E-state index in [1.54, 1.807) is 0 Å². The average molecular weight is 166 g/mol. The largest absolute Gasteiger partial charge is 0.325 e. The smallest absolute Gasteiger partial charge is 0.0172 e. The van der Waals surface area contributed by atoms with Crippen molar-refractivity contribution < 1.29 is 0 Å². The molecule has 0 aliphatic rings. The number of halogens is 1. The Morgan fingerprint density at radius 1 is 1.00 bits per heavy atom. The summed E-state index contributed by atoms with van der Waals surface area (Å²) < 4.78 is 0. The van der Waals surface area contributed by atoms with Crippen LogP contribution in [-0.2, 0) is 0 Å². The molecule has 0 aromatic rings. The third-order valence-corrected chi connectivity index (χ3v) is 2.49. The molecule has 0 heterocycles. The van der Waals surface area contributed by atoms with Crippen LogP contribution in [0.4, 0.5) is 0 Å². The van der Waals surface area contributed by atoms with Crippen LogP contribution in [-0.4, -0.2) is 5.54 Å². The first kappa shape index (κ1) is 12.9. The van der Waals surface area contributed by atoms with Crippen molar-refractivity contribution in [3.05, 3.63) is 0 Å². The van der Waals surface area contributed by atoms with Crippen LogP contribution in [0.1, 0.15) is 34.6 Å². The Morgan fingerprint density at radius 3 is 1.20 bits per heavy atom. The van der Waals surface area contributed by atoms with Crippen LogP contribution in [0.2, 0.25) is 0 Å². The van der Waals surface area contributed by atoms with E-state index < -0.39 is 0 Å². The van der Waals surface area contributed by atoms with Gasteiger partial charge in [0.15, 0.2) is 0 Å². The number of nitrogens with two attached hydrogens (primary N) is 1. The van der Waals surface area contributed by atoms with Crippen LogP contribution in [0.25, 0.3) is 0 Å². The fraction of sp³-hybridized carbons (Fsp3) is 1.00. The highest BCUT2D eigenvalue weighted by molar-refractivity contribution is 5.85. The summed E-state index contributed by atoms with van der Waals surface area (Å²) in [5.74, 6) is 1.13. The van der Waals surface area contributed by atoms with Gasteiger partial charge >= 0.3 is 0 Å². The lowest BCUT2D eigenvalue weighted by Gasteiger charge is -2.33. The lowest BCUT2D eigenvalue weighted by Crippen LogP contribution is -2.46. The molecule has 2 N–H and O–H groups in total. The molecule has 0 saturated heterocycles. The summed E-state index contributed by atoms with van der Waals surface area (Å²) >= 11 is 0. The van der Waals surface area contributed by atoms with Crippen molar-refractivity contribution in [2.45, 2.75) is 40.2 Å². The molecule has 10 heavy (non-hydrogen) atoms. The Bertz CT molecular complexity index is 77.3. The second-order valence-corrected chi connectivity index (χ2v) is 3.68. The molecule has 64 valence electrons. The first-order valence-corrected chi connectivity index (χ1v) is 3.68. The number of hydrogen-bond acceptors (Lipinski definition) is 1. The fourth-order valence-corrected chi connectivity index (χ4v) is 0.667. The van der Waals surface area contributed by atoms with Gasteiger partial charge < -0.3 is 5.73 Å². The second kappa shape index (κ2) is 4.20. The second-order valence-electron chi connectivity index (χ2n) is 3.68.